The summed E-state index contributed by atoms with van der Waals surface area (Å²) >= 11 is 7.04. The quantitative estimate of drug-likeness (QED) is 0.692. The van der Waals surface area contributed by atoms with Crippen LogP contribution in [0.4, 0.5) is 0 Å². The minimum absolute atomic E-state index is 0.0859. The Kier molecular flexibility index (Phi) is 4.71. The van der Waals surface area contributed by atoms with Gasteiger partial charge >= 0.3 is 0 Å². The zero-order valence-electron chi connectivity index (χ0n) is 10.7. The molecule has 3 nitrogen and oxygen atoms in total. The average molecular weight is 306 g/mol. The van der Waals surface area contributed by atoms with Crippen LogP contribution in [0, 0.1) is 0 Å². The number of allylic oxidation sites excluding steroid dienone is 1. The number of halogens is 1. The molecule has 0 radical (unpaired) electrons. The molecular formula is C15H12ClNO2S. The third-order valence-electron chi connectivity index (χ3n) is 2.64. The number of carbonyl (C=O) groups is 2. The molecule has 0 aliphatic rings. The third kappa shape index (κ3) is 3.56. The van der Waals surface area contributed by atoms with Crippen LogP contribution in [-0.2, 0) is 0 Å². The fourth-order valence-corrected chi connectivity index (χ4v) is 2.55. The van der Waals surface area contributed by atoms with Crippen LogP contribution in [-0.4, -0.2) is 18.7 Å². The van der Waals surface area contributed by atoms with Gasteiger partial charge in [0.15, 0.2) is 5.78 Å². The molecule has 0 saturated heterocycles. The molecule has 2 rings (SSSR count). The van der Waals surface area contributed by atoms with E-state index in [-0.39, 0.29) is 11.7 Å². The van der Waals surface area contributed by atoms with Crippen molar-refractivity contribution in [3.8, 4) is 0 Å². The summed E-state index contributed by atoms with van der Waals surface area (Å²) < 4.78 is 0.594. The highest BCUT2D eigenvalue weighted by Crippen LogP contribution is 2.22. The molecule has 5 heteroatoms. The minimum Gasteiger partial charge on any atom is -0.355 e. The topological polar surface area (TPSA) is 46.2 Å². The van der Waals surface area contributed by atoms with Crippen LogP contribution in [0.25, 0.3) is 6.08 Å². The molecule has 1 N–H and O–H groups in total. The van der Waals surface area contributed by atoms with Crippen molar-refractivity contribution in [1.82, 2.24) is 5.32 Å². The van der Waals surface area contributed by atoms with Crippen molar-refractivity contribution in [3.05, 3.63) is 62.8 Å². The van der Waals surface area contributed by atoms with Crippen LogP contribution >= 0.6 is 22.9 Å². The molecule has 1 aromatic carbocycles. The van der Waals surface area contributed by atoms with E-state index in [0.717, 1.165) is 5.56 Å². The maximum Gasteiger partial charge on any atom is 0.251 e. The first kappa shape index (κ1) is 14.5. The number of hydrogen-bond acceptors (Lipinski definition) is 3. The predicted molar refractivity (Wildman–Crippen MR) is 82.5 cm³/mol. The zero-order valence-corrected chi connectivity index (χ0v) is 12.3. The Morgan fingerprint density at radius 1 is 1.15 bits per heavy atom. The van der Waals surface area contributed by atoms with E-state index in [9.17, 15) is 9.59 Å². The molecule has 0 atom stereocenters. The van der Waals surface area contributed by atoms with Crippen molar-refractivity contribution in [1.29, 1.82) is 0 Å². The summed E-state index contributed by atoms with van der Waals surface area (Å²) in [5, 5.41) is 2.55. The van der Waals surface area contributed by atoms with Crippen LogP contribution in [0.3, 0.4) is 0 Å². The van der Waals surface area contributed by atoms with E-state index in [0.29, 0.717) is 14.8 Å². The van der Waals surface area contributed by atoms with E-state index in [1.807, 2.05) is 0 Å². The van der Waals surface area contributed by atoms with Crippen molar-refractivity contribution in [2.45, 2.75) is 0 Å². The summed E-state index contributed by atoms with van der Waals surface area (Å²) in [6, 6.07) is 10.4. The van der Waals surface area contributed by atoms with Gasteiger partial charge in [-0.15, -0.1) is 11.3 Å². The fourth-order valence-electron chi connectivity index (χ4n) is 1.59. The molecule has 0 unspecified atom stereocenters. The van der Waals surface area contributed by atoms with Gasteiger partial charge in [-0.05, 0) is 35.9 Å². The third-order valence-corrected chi connectivity index (χ3v) is 3.89. The lowest BCUT2D eigenvalue weighted by molar-refractivity contribution is 0.0962. The monoisotopic (exact) mass is 305 g/mol. The van der Waals surface area contributed by atoms with Crippen molar-refractivity contribution < 1.29 is 9.59 Å². The summed E-state index contributed by atoms with van der Waals surface area (Å²) in [6.45, 7) is 0. The molecule has 1 heterocycles. The number of benzene rings is 1. The fraction of sp³-hybridized carbons (Fsp3) is 0.0667. The molecule has 0 fully saturated rings. The Balaban J connectivity index is 2.08. The number of thiophene rings is 1. The normalized spacial score (nSPS) is 10.7. The smallest absolute Gasteiger partial charge is 0.251 e. The van der Waals surface area contributed by atoms with Gasteiger partial charge < -0.3 is 5.32 Å². The standard InChI is InChI=1S/C15H12ClNO2S/c1-17-15(19)11-5-2-10(3-6-11)4-7-12(18)13-8-9-14(16)20-13/h2-9H,1H3,(H,17,19)/b7-4-. The number of hydrogen-bond donors (Lipinski definition) is 1. The van der Waals surface area contributed by atoms with E-state index in [1.54, 1.807) is 49.5 Å². The first-order valence-electron chi connectivity index (χ1n) is 5.90. The van der Waals surface area contributed by atoms with E-state index >= 15 is 0 Å². The molecule has 0 aliphatic heterocycles. The van der Waals surface area contributed by atoms with Crippen LogP contribution in [0.15, 0.2) is 42.5 Å². The second-order valence-corrected chi connectivity index (χ2v) is 5.72. The molecule has 102 valence electrons. The van der Waals surface area contributed by atoms with E-state index in [4.69, 9.17) is 11.6 Å². The maximum absolute atomic E-state index is 11.9. The van der Waals surface area contributed by atoms with E-state index in [2.05, 4.69) is 5.32 Å². The van der Waals surface area contributed by atoms with Crippen LogP contribution < -0.4 is 5.32 Å². The van der Waals surface area contributed by atoms with Crippen molar-refractivity contribution in [2.24, 2.45) is 0 Å². The predicted octanol–water partition coefficient (Wildman–Crippen LogP) is 3.66. The maximum atomic E-state index is 11.9. The van der Waals surface area contributed by atoms with E-state index < -0.39 is 0 Å². The Labute approximate surface area is 125 Å². The summed E-state index contributed by atoms with van der Waals surface area (Å²) in [5.74, 6) is -0.220. The van der Waals surface area contributed by atoms with E-state index in [1.165, 1.54) is 17.4 Å². The molecule has 1 amide bonds. The van der Waals surface area contributed by atoms with Gasteiger partial charge in [0.2, 0.25) is 0 Å². The van der Waals surface area contributed by atoms with Gasteiger partial charge in [-0.2, -0.15) is 0 Å². The Bertz CT molecular complexity index is 659. The van der Waals surface area contributed by atoms with Gasteiger partial charge in [0.1, 0.15) is 0 Å². The lowest BCUT2D eigenvalue weighted by Crippen LogP contribution is -2.17. The molecule has 0 spiro atoms. The summed E-state index contributed by atoms with van der Waals surface area (Å²) in [4.78, 5) is 23.8. The molecule has 0 saturated carbocycles. The van der Waals surface area contributed by atoms with Gasteiger partial charge in [0, 0.05) is 12.6 Å². The number of rotatable bonds is 4. The van der Waals surface area contributed by atoms with Crippen molar-refractivity contribution in [3.63, 3.8) is 0 Å². The highest BCUT2D eigenvalue weighted by atomic mass is 35.5. The van der Waals surface area contributed by atoms with Crippen LogP contribution in [0.5, 0.6) is 0 Å². The Morgan fingerprint density at radius 3 is 2.40 bits per heavy atom. The lowest BCUT2D eigenvalue weighted by atomic mass is 10.1. The van der Waals surface area contributed by atoms with Crippen LogP contribution in [0.1, 0.15) is 25.6 Å². The highest BCUT2D eigenvalue weighted by Gasteiger charge is 2.05. The minimum atomic E-state index is -0.134. The Hall–Kier alpha value is -1.91. The number of amides is 1. The zero-order chi connectivity index (χ0) is 14.5. The van der Waals surface area contributed by atoms with Gasteiger partial charge in [0.25, 0.3) is 5.91 Å². The molecule has 20 heavy (non-hydrogen) atoms. The first-order chi connectivity index (χ1) is 9.60. The lowest BCUT2D eigenvalue weighted by Gasteiger charge is -1.99. The van der Waals surface area contributed by atoms with Crippen LogP contribution in [0.2, 0.25) is 4.34 Å². The highest BCUT2D eigenvalue weighted by molar-refractivity contribution is 7.18. The first-order valence-corrected chi connectivity index (χ1v) is 7.09. The molecule has 1 aromatic heterocycles. The second kappa shape index (κ2) is 6.50. The van der Waals surface area contributed by atoms with Gasteiger partial charge in [0.05, 0.1) is 9.21 Å². The Morgan fingerprint density at radius 2 is 1.85 bits per heavy atom. The van der Waals surface area contributed by atoms with Gasteiger partial charge in [-0.1, -0.05) is 29.8 Å². The number of carbonyl (C=O) groups excluding carboxylic acids is 2. The van der Waals surface area contributed by atoms with Gasteiger partial charge in [-0.25, -0.2) is 0 Å². The largest absolute Gasteiger partial charge is 0.355 e. The number of nitrogens with one attached hydrogen (secondary N) is 1. The molecule has 2 aromatic rings. The second-order valence-electron chi connectivity index (χ2n) is 4.00. The molecule has 0 aliphatic carbocycles. The summed E-state index contributed by atoms with van der Waals surface area (Å²) in [6.07, 6.45) is 3.21. The van der Waals surface area contributed by atoms with Gasteiger partial charge in [-0.3, -0.25) is 9.59 Å². The molecule has 0 bridgehead atoms. The molecular weight excluding hydrogens is 294 g/mol. The number of ketones is 1. The van der Waals surface area contributed by atoms with Crippen molar-refractivity contribution in [2.75, 3.05) is 7.05 Å². The SMILES string of the molecule is CNC(=O)c1ccc(/C=C\C(=O)c2ccc(Cl)s2)cc1. The summed E-state index contributed by atoms with van der Waals surface area (Å²) in [7, 11) is 1.58. The van der Waals surface area contributed by atoms with Crippen molar-refractivity contribution >= 4 is 40.7 Å². The average Bonchev–Trinajstić information content (AvgIpc) is 2.91. The summed E-state index contributed by atoms with van der Waals surface area (Å²) in [5.41, 5.74) is 1.44.